The summed E-state index contributed by atoms with van der Waals surface area (Å²) >= 11 is 0. The molecule has 0 fully saturated rings. The van der Waals surface area contributed by atoms with Crippen molar-refractivity contribution in [1.82, 2.24) is 23.7 Å². The van der Waals surface area contributed by atoms with Crippen LogP contribution in [0.15, 0.2) is 314 Å². The molecule has 0 N–H and O–H groups in total. The molecule has 0 saturated carbocycles. The molecule has 20 aromatic rings. The Bertz CT molecular complexity index is 6790. The number of furan rings is 1. The van der Waals surface area contributed by atoms with Gasteiger partial charge in [0.2, 0.25) is 0 Å². The van der Waals surface area contributed by atoms with E-state index >= 15 is 0 Å². The van der Waals surface area contributed by atoms with Crippen molar-refractivity contribution in [1.29, 1.82) is 0 Å². The quantitative estimate of drug-likeness (QED) is 0.160. The van der Waals surface area contributed by atoms with Crippen LogP contribution in [0.1, 0.15) is 0 Å². The van der Waals surface area contributed by atoms with Crippen LogP contribution in [0.3, 0.4) is 0 Å². The smallest absolute Gasteiger partial charge is 0.135 e. The number of hydrogen-bond acceptors (Lipinski definition) is 3. The molecule has 0 spiro atoms. The topological polar surface area (TPSA) is 53.7 Å². The van der Waals surface area contributed by atoms with Crippen LogP contribution in [0.5, 0.6) is 0 Å². The molecule has 0 unspecified atom stereocenters. The molecular formula is C90H51N5O. The van der Waals surface area contributed by atoms with Crippen molar-refractivity contribution in [2.24, 2.45) is 0 Å². The van der Waals surface area contributed by atoms with Crippen molar-refractivity contribution in [3.05, 3.63) is 310 Å². The normalized spacial score (nSPS) is 12.4. The van der Waals surface area contributed by atoms with E-state index in [4.69, 9.17) is 14.4 Å². The third-order valence-electron chi connectivity index (χ3n) is 21.1. The van der Waals surface area contributed by atoms with E-state index in [1.54, 1.807) is 0 Å². The Morgan fingerprint density at radius 3 is 1.32 bits per heavy atom. The van der Waals surface area contributed by atoms with E-state index in [2.05, 4.69) is 305 Å². The summed E-state index contributed by atoms with van der Waals surface area (Å²) in [4.78, 5) is 9.85. The van der Waals surface area contributed by atoms with Crippen LogP contribution < -0.4 is 0 Å². The second kappa shape index (κ2) is 19.3. The van der Waals surface area contributed by atoms with Crippen molar-refractivity contribution < 1.29 is 4.42 Å². The molecule has 6 nitrogen and oxygen atoms in total. The first-order valence-corrected chi connectivity index (χ1v) is 32.9. The molecule has 0 bridgehead atoms. The first-order chi connectivity index (χ1) is 47.6. The lowest BCUT2D eigenvalue weighted by molar-refractivity contribution is 0.669. The maximum Gasteiger partial charge on any atom is 0.135 e. The Morgan fingerprint density at radius 1 is 0.208 bits per heavy atom. The minimum Gasteiger partial charge on any atom is -0.456 e. The van der Waals surface area contributed by atoms with E-state index in [0.717, 1.165) is 88.7 Å². The molecular weight excluding hydrogens is 1170 g/mol. The molecule has 0 saturated heterocycles. The predicted molar refractivity (Wildman–Crippen MR) is 398 cm³/mol. The van der Waals surface area contributed by atoms with Gasteiger partial charge in [0.15, 0.2) is 0 Å². The van der Waals surface area contributed by atoms with Gasteiger partial charge in [-0.2, -0.15) is 0 Å². The van der Waals surface area contributed by atoms with Crippen LogP contribution in [0.2, 0.25) is 0 Å². The van der Waals surface area contributed by atoms with Crippen LogP contribution in [0.4, 0.5) is 0 Å². The fourth-order valence-electron chi connectivity index (χ4n) is 16.8. The summed E-state index contributed by atoms with van der Waals surface area (Å²) in [5, 5.41) is 14.3. The number of aromatic nitrogens is 5. The SMILES string of the molecule is c1ccc(-n2c3ccc(-c4ccc5c(c4)c4ccc(-c6ccc7c8c(cncc68)-c6ccccc6-7)cc4n5-c4ccccc4)cc3c3ccc(-c4ccc5c(c4)-c4cncc6c(-n7c8ccccc8c8cc(-c9ccc%10oc%11ccccc%11c%10c9)ccc87)ccc-5c46)cc32)cc1. The number of pyridine rings is 2. The van der Waals surface area contributed by atoms with Crippen molar-refractivity contribution in [3.8, 4) is 106 Å². The standard InChI is InChI=1S/C90H51N5O/c1-3-13-59(14-4-1)93-81-36-26-53(54-27-37-82-74(44-54)67-32-25-58(47-86(67)94(82)60-15-5-2-6-16-60)61-33-34-69-62-17-7-8-18-63(62)77-49-91-48-76(61)89(69)77)43-73(81)66-31-24-57(46-85(66)93)52-23-30-64-70-35-39-84(79-51-92-50-78(90(70)79)71(64)41-52)95-80-21-11-9-19-65(80)72-42-55(28-38-83(72)95)56-29-40-88-75(45-56)68-20-10-12-22-87(68)96-88/h1-51H. The molecule has 442 valence electrons. The van der Waals surface area contributed by atoms with Gasteiger partial charge in [0.25, 0.3) is 0 Å². The Hall–Kier alpha value is -12.9. The largest absolute Gasteiger partial charge is 0.456 e. The van der Waals surface area contributed by atoms with Gasteiger partial charge in [0.05, 0.1) is 38.8 Å². The van der Waals surface area contributed by atoms with Gasteiger partial charge in [-0.1, -0.05) is 176 Å². The Balaban J connectivity index is 0.640. The number of para-hydroxylation sites is 4. The highest BCUT2D eigenvalue weighted by molar-refractivity contribution is 6.22. The zero-order valence-corrected chi connectivity index (χ0v) is 51.6. The molecule has 22 rings (SSSR count). The van der Waals surface area contributed by atoms with Gasteiger partial charge in [-0.05, 0) is 187 Å². The maximum atomic E-state index is 6.22. The number of rotatable bonds is 7. The predicted octanol–water partition coefficient (Wildman–Crippen LogP) is 23.9. The Labute approximate surface area is 549 Å². The van der Waals surface area contributed by atoms with Gasteiger partial charge in [-0.15, -0.1) is 0 Å². The lowest BCUT2D eigenvalue weighted by Crippen LogP contribution is -1.96. The van der Waals surface area contributed by atoms with Crippen LogP contribution >= 0.6 is 0 Å². The van der Waals surface area contributed by atoms with Gasteiger partial charge in [-0.25, -0.2) is 0 Å². The molecule has 0 amide bonds. The summed E-state index contributed by atoms with van der Waals surface area (Å²) in [7, 11) is 0. The van der Waals surface area contributed by atoms with E-state index < -0.39 is 0 Å². The first-order valence-electron chi connectivity index (χ1n) is 32.9. The van der Waals surface area contributed by atoms with Gasteiger partial charge in [0, 0.05) is 112 Å². The molecule has 2 aliphatic carbocycles. The van der Waals surface area contributed by atoms with E-state index in [0.29, 0.717) is 0 Å². The fraction of sp³-hybridized carbons (Fsp3) is 0. The number of hydrogen-bond donors (Lipinski definition) is 0. The molecule has 6 heterocycles. The number of fused-ring (bicyclic) bond motifs is 18. The van der Waals surface area contributed by atoms with Gasteiger partial charge in [0.1, 0.15) is 11.2 Å². The lowest BCUT2D eigenvalue weighted by atomic mass is 9.95. The Kier molecular flexibility index (Phi) is 10.4. The summed E-state index contributed by atoms with van der Waals surface area (Å²) in [6, 6.07) is 105. The summed E-state index contributed by atoms with van der Waals surface area (Å²) in [5.41, 5.74) is 31.3. The third-order valence-corrected chi connectivity index (χ3v) is 21.1. The average Bonchev–Trinajstić information content (AvgIpc) is 1.57. The minimum atomic E-state index is 0.901. The highest BCUT2D eigenvalue weighted by Gasteiger charge is 2.28. The van der Waals surface area contributed by atoms with Crippen LogP contribution in [-0.2, 0) is 0 Å². The van der Waals surface area contributed by atoms with E-state index in [1.165, 1.54) is 126 Å². The van der Waals surface area contributed by atoms with Gasteiger partial charge >= 0.3 is 0 Å². The van der Waals surface area contributed by atoms with Crippen molar-refractivity contribution in [3.63, 3.8) is 0 Å². The minimum absolute atomic E-state index is 0.901. The molecule has 0 atom stereocenters. The molecule has 6 aromatic heterocycles. The highest BCUT2D eigenvalue weighted by atomic mass is 16.3. The molecule has 96 heavy (non-hydrogen) atoms. The maximum absolute atomic E-state index is 6.22. The van der Waals surface area contributed by atoms with Gasteiger partial charge in [-0.3, -0.25) is 9.97 Å². The summed E-state index contributed by atoms with van der Waals surface area (Å²) in [5.74, 6) is 0. The number of benzene rings is 14. The molecule has 2 aliphatic rings. The monoisotopic (exact) mass is 1220 g/mol. The summed E-state index contributed by atoms with van der Waals surface area (Å²) in [6.45, 7) is 0. The highest BCUT2D eigenvalue weighted by Crippen LogP contribution is 2.53. The summed E-state index contributed by atoms with van der Waals surface area (Å²) < 4.78 is 13.5. The average molecular weight is 1220 g/mol. The van der Waals surface area contributed by atoms with E-state index in [1.807, 2.05) is 18.3 Å². The molecule has 6 heteroatoms. The number of nitrogens with zero attached hydrogens (tertiary/aromatic N) is 5. The van der Waals surface area contributed by atoms with Crippen molar-refractivity contribution >= 4 is 109 Å². The van der Waals surface area contributed by atoms with E-state index in [-0.39, 0.29) is 0 Å². The lowest BCUT2D eigenvalue weighted by Gasteiger charge is -2.13. The third kappa shape index (κ3) is 7.19. The van der Waals surface area contributed by atoms with Crippen LogP contribution in [0, 0.1) is 0 Å². The van der Waals surface area contributed by atoms with Crippen molar-refractivity contribution in [2.75, 3.05) is 0 Å². The van der Waals surface area contributed by atoms with Crippen LogP contribution in [0.25, 0.3) is 215 Å². The first kappa shape index (κ1) is 51.7. The van der Waals surface area contributed by atoms with Crippen molar-refractivity contribution in [2.45, 2.75) is 0 Å². The van der Waals surface area contributed by atoms with Gasteiger partial charge < -0.3 is 18.1 Å². The Morgan fingerprint density at radius 2 is 0.635 bits per heavy atom. The fourth-order valence-corrected chi connectivity index (χ4v) is 16.8. The van der Waals surface area contributed by atoms with Crippen LogP contribution in [-0.4, -0.2) is 23.7 Å². The molecule has 0 radical (unpaired) electrons. The zero-order valence-electron chi connectivity index (χ0n) is 51.6. The molecule has 14 aromatic carbocycles. The van der Waals surface area contributed by atoms with E-state index in [9.17, 15) is 0 Å². The zero-order chi connectivity index (χ0) is 62.4. The summed E-state index contributed by atoms with van der Waals surface area (Å²) in [6.07, 6.45) is 8.22. The second-order valence-electron chi connectivity index (χ2n) is 26.0. The molecule has 0 aliphatic heterocycles. The second-order valence-corrected chi connectivity index (χ2v) is 26.0.